The van der Waals surface area contributed by atoms with E-state index in [-0.39, 0.29) is 10.6 Å². The molecule has 0 unspecified atom stereocenters. The number of sulfonamides is 1. The number of hydrogen-bond donors (Lipinski definition) is 2. The standard InChI is InChI=1S/C15H16N4O4S/c1-10-3-4-11(2)12(7-10)9-17-18-14-6-5-13(24(16,22)23)8-15(14)19(20)21/h3-9,18H,1-2H3,(H2,16,22,23). The van der Waals surface area contributed by atoms with E-state index in [4.69, 9.17) is 5.14 Å². The van der Waals surface area contributed by atoms with Gasteiger partial charge in [0.25, 0.3) is 5.69 Å². The number of nitrogens with zero attached hydrogens (tertiary/aromatic N) is 2. The van der Waals surface area contributed by atoms with Gasteiger partial charge in [-0.25, -0.2) is 13.6 Å². The average Bonchev–Trinajstić information content (AvgIpc) is 2.49. The van der Waals surface area contributed by atoms with Crippen LogP contribution in [0.4, 0.5) is 11.4 Å². The molecule has 0 aliphatic heterocycles. The first-order chi connectivity index (χ1) is 11.2. The maximum absolute atomic E-state index is 11.3. The van der Waals surface area contributed by atoms with Gasteiger partial charge >= 0.3 is 0 Å². The molecule has 0 saturated carbocycles. The zero-order chi connectivity index (χ0) is 17.9. The van der Waals surface area contributed by atoms with Crippen molar-refractivity contribution >= 4 is 27.6 Å². The third-order valence-electron chi connectivity index (χ3n) is 3.32. The molecule has 2 aromatic carbocycles. The summed E-state index contributed by atoms with van der Waals surface area (Å²) in [6, 6.07) is 9.16. The van der Waals surface area contributed by atoms with Crippen molar-refractivity contribution in [3.05, 3.63) is 63.2 Å². The second kappa shape index (κ2) is 6.77. The number of hydrazone groups is 1. The minimum atomic E-state index is -4.02. The highest BCUT2D eigenvalue weighted by atomic mass is 32.2. The van der Waals surface area contributed by atoms with Gasteiger partial charge in [-0.1, -0.05) is 23.8 Å². The summed E-state index contributed by atoms with van der Waals surface area (Å²) in [5.74, 6) is 0. The maximum Gasteiger partial charge on any atom is 0.295 e. The number of primary sulfonamides is 1. The van der Waals surface area contributed by atoms with Gasteiger partial charge in [0.2, 0.25) is 10.0 Å². The number of rotatable bonds is 5. The molecule has 0 amide bonds. The third kappa shape index (κ3) is 4.15. The minimum absolute atomic E-state index is 0.0638. The second-order valence-electron chi connectivity index (χ2n) is 5.21. The quantitative estimate of drug-likeness (QED) is 0.487. The lowest BCUT2D eigenvalue weighted by Crippen LogP contribution is -2.12. The predicted octanol–water partition coefficient (Wildman–Crippen LogP) is 2.31. The molecule has 0 aromatic heterocycles. The maximum atomic E-state index is 11.3. The summed E-state index contributed by atoms with van der Waals surface area (Å²) in [6.07, 6.45) is 1.54. The van der Waals surface area contributed by atoms with Crippen molar-refractivity contribution in [2.45, 2.75) is 18.7 Å². The van der Waals surface area contributed by atoms with E-state index in [1.54, 1.807) is 6.21 Å². The van der Waals surface area contributed by atoms with Crippen LogP contribution in [0.3, 0.4) is 0 Å². The highest BCUT2D eigenvalue weighted by Gasteiger charge is 2.18. The smallest absolute Gasteiger partial charge is 0.272 e. The van der Waals surface area contributed by atoms with Gasteiger partial charge in [-0.05, 0) is 37.1 Å². The molecule has 0 heterocycles. The highest BCUT2D eigenvalue weighted by molar-refractivity contribution is 7.89. The number of nitrogens with two attached hydrogens (primary N) is 1. The Bertz CT molecular complexity index is 923. The SMILES string of the molecule is Cc1ccc(C)c(C=NNc2ccc(S(N)(=O)=O)cc2[N+](=O)[O-])c1. The van der Waals surface area contributed by atoms with Crippen LogP contribution in [0.15, 0.2) is 46.4 Å². The van der Waals surface area contributed by atoms with E-state index in [1.807, 2.05) is 32.0 Å². The summed E-state index contributed by atoms with van der Waals surface area (Å²) in [4.78, 5) is 10.1. The Balaban J connectivity index is 2.31. The normalized spacial score (nSPS) is 11.6. The van der Waals surface area contributed by atoms with Crippen LogP contribution in [0.5, 0.6) is 0 Å². The second-order valence-corrected chi connectivity index (χ2v) is 6.77. The molecule has 0 aliphatic carbocycles. The summed E-state index contributed by atoms with van der Waals surface area (Å²) in [7, 11) is -4.02. The molecule has 2 aromatic rings. The number of hydrogen-bond acceptors (Lipinski definition) is 6. The molecule has 0 atom stereocenters. The predicted molar refractivity (Wildman–Crippen MR) is 91.6 cm³/mol. The van der Waals surface area contributed by atoms with E-state index in [2.05, 4.69) is 10.5 Å². The van der Waals surface area contributed by atoms with Gasteiger partial charge in [0.1, 0.15) is 5.69 Å². The van der Waals surface area contributed by atoms with E-state index < -0.39 is 20.6 Å². The topological polar surface area (TPSA) is 128 Å². The summed E-state index contributed by atoms with van der Waals surface area (Å²) in [6.45, 7) is 3.87. The molecule has 3 N–H and O–H groups in total. The summed E-state index contributed by atoms with van der Waals surface area (Å²) >= 11 is 0. The van der Waals surface area contributed by atoms with Crippen LogP contribution in [0.25, 0.3) is 0 Å². The Hall–Kier alpha value is -2.78. The number of nitro benzene ring substituents is 1. The van der Waals surface area contributed by atoms with Crippen molar-refractivity contribution in [2.75, 3.05) is 5.43 Å². The Labute approximate surface area is 139 Å². The molecule has 126 valence electrons. The van der Waals surface area contributed by atoms with Gasteiger partial charge in [0.05, 0.1) is 16.0 Å². The van der Waals surface area contributed by atoms with Gasteiger partial charge in [-0.2, -0.15) is 5.10 Å². The number of nitrogens with one attached hydrogen (secondary N) is 1. The lowest BCUT2D eigenvalue weighted by atomic mass is 10.1. The Morgan fingerprint density at radius 1 is 1.21 bits per heavy atom. The molecular formula is C15H16N4O4S. The molecule has 2 rings (SSSR count). The lowest BCUT2D eigenvalue weighted by molar-refractivity contribution is -0.384. The summed E-state index contributed by atoms with van der Waals surface area (Å²) < 4.78 is 22.6. The number of benzene rings is 2. The van der Waals surface area contributed by atoms with Crippen molar-refractivity contribution in [2.24, 2.45) is 10.2 Å². The fourth-order valence-electron chi connectivity index (χ4n) is 2.00. The van der Waals surface area contributed by atoms with Crippen LogP contribution >= 0.6 is 0 Å². The fraction of sp³-hybridized carbons (Fsp3) is 0.133. The van der Waals surface area contributed by atoms with E-state index in [9.17, 15) is 18.5 Å². The van der Waals surface area contributed by atoms with E-state index in [1.165, 1.54) is 12.1 Å². The van der Waals surface area contributed by atoms with Crippen LogP contribution in [0, 0.1) is 24.0 Å². The molecule has 0 saturated heterocycles. The molecule has 9 heteroatoms. The number of nitro groups is 1. The largest absolute Gasteiger partial charge is 0.295 e. The van der Waals surface area contributed by atoms with Crippen molar-refractivity contribution in [1.29, 1.82) is 0 Å². The highest BCUT2D eigenvalue weighted by Crippen LogP contribution is 2.27. The van der Waals surface area contributed by atoms with Crippen LogP contribution in [-0.2, 0) is 10.0 Å². The molecule has 0 spiro atoms. The lowest BCUT2D eigenvalue weighted by Gasteiger charge is -2.05. The first-order valence-electron chi connectivity index (χ1n) is 6.86. The van der Waals surface area contributed by atoms with Crippen LogP contribution < -0.4 is 10.6 Å². The first kappa shape index (κ1) is 17.6. The van der Waals surface area contributed by atoms with Crippen molar-refractivity contribution in [3.63, 3.8) is 0 Å². The van der Waals surface area contributed by atoms with Gasteiger partial charge in [-0.15, -0.1) is 0 Å². The van der Waals surface area contributed by atoms with Gasteiger partial charge < -0.3 is 0 Å². The Morgan fingerprint density at radius 3 is 2.54 bits per heavy atom. The summed E-state index contributed by atoms with van der Waals surface area (Å²) in [5, 5.41) is 20.1. The molecule has 0 fully saturated rings. The molecule has 0 aliphatic rings. The van der Waals surface area contributed by atoms with Gasteiger partial charge in [0, 0.05) is 6.07 Å². The molecule has 0 radical (unpaired) electrons. The monoisotopic (exact) mass is 348 g/mol. The molecular weight excluding hydrogens is 332 g/mol. The van der Waals surface area contributed by atoms with Crippen LogP contribution in [-0.4, -0.2) is 19.6 Å². The number of anilines is 1. The number of aryl methyl sites for hydroxylation is 2. The zero-order valence-corrected chi connectivity index (χ0v) is 13.9. The first-order valence-corrected chi connectivity index (χ1v) is 8.40. The van der Waals surface area contributed by atoms with Crippen LogP contribution in [0.2, 0.25) is 0 Å². The van der Waals surface area contributed by atoms with E-state index in [0.717, 1.165) is 22.8 Å². The van der Waals surface area contributed by atoms with Crippen molar-refractivity contribution in [3.8, 4) is 0 Å². The van der Waals surface area contributed by atoms with Crippen LogP contribution in [0.1, 0.15) is 16.7 Å². The Kier molecular flexibility index (Phi) is 4.96. The van der Waals surface area contributed by atoms with E-state index in [0.29, 0.717) is 0 Å². The van der Waals surface area contributed by atoms with Gasteiger partial charge in [-0.3, -0.25) is 15.5 Å². The van der Waals surface area contributed by atoms with Crippen molar-refractivity contribution < 1.29 is 13.3 Å². The third-order valence-corrected chi connectivity index (χ3v) is 4.23. The Morgan fingerprint density at radius 2 is 1.92 bits per heavy atom. The van der Waals surface area contributed by atoms with Gasteiger partial charge in [0.15, 0.2) is 0 Å². The summed E-state index contributed by atoms with van der Waals surface area (Å²) in [5.41, 5.74) is 5.13. The minimum Gasteiger partial charge on any atom is -0.272 e. The molecule has 0 bridgehead atoms. The fourth-order valence-corrected chi connectivity index (χ4v) is 2.54. The molecule has 24 heavy (non-hydrogen) atoms. The van der Waals surface area contributed by atoms with Crippen molar-refractivity contribution in [1.82, 2.24) is 0 Å². The van der Waals surface area contributed by atoms with E-state index >= 15 is 0 Å². The molecule has 8 nitrogen and oxygen atoms in total. The zero-order valence-electron chi connectivity index (χ0n) is 13.1. The average molecular weight is 348 g/mol.